The topological polar surface area (TPSA) is 85.8 Å². The van der Waals surface area contributed by atoms with Crippen molar-refractivity contribution in [2.75, 3.05) is 13.1 Å². The number of nitrogens with zero attached hydrogens (tertiary/aromatic N) is 2. The number of carbonyl (C=O) groups is 2. The molecule has 3 aromatic rings. The number of furan rings is 1. The van der Waals surface area contributed by atoms with Crippen molar-refractivity contribution < 1.29 is 23.3 Å². The molecule has 0 bridgehead atoms. The predicted molar refractivity (Wildman–Crippen MR) is 92.9 cm³/mol. The zero-order valence-corrected chi connectivity index (χ0v) is 14.4. The van der Waals surface area contributed by atoms with Crippen LogP contribution in [0, 0.1) is 0 Å². The highest BCUT2D eigenvalue weighted by atomic mass is 16.6. The van der Waals surface area contributed by atoms with Gasteiger partial charge in [-0.15, -0.1) is 0 Å². The van der Waals surface area contributed by atoms with Gasteiger partial charge in [0.05, 0.1) is 18.4 Å². The lowest BCUT2D eigenvalue weighted by atomic mass is 9.85. The number of esters is 1. The molecule has 1 spiro atoms. The van der Waals surface area contributed by atoms with Crippen LogP contribution >= 0.6 is 0 Å². The van der Waals surface area contributed by atoms with E-state index in [0.717, 1.165) is 12.0 Å². The van der Waals surface area contributed by atoms with E-state index in [1.54, 1.807) is 29.2 Å². The summed E-state index contributed by atoms with van der Waals surface area (Å²) in [6.07, 6.45) is 2.95. The van der Waals surface area contributed by atoms with Crippen LogP contribution in [-0.4, -0.2) is 35.0 Å². The van der Waals surface area contributed by atoms with Crippen LogP contribution in [0.15, 0.2) is 57.7 Å². The van der Waals surface area contributed by atoms with Gasteiger partial charge in [0.2, 0.25) is 5.76 Å². The second-order valence-corrected chi connectivity index (χ2v) is 6.81. The SMILES string of the molecule is O=C1OC2(CCCN(C(=O)c3cc(-c4ccco4)on3)C2)c2ccccc21. The number of aromatic nitrogens is 1. The molecular weight excluding hydrogens is 348 g/mol. The molecule has 27 heavy (non-hydrogen) atoms. The van der Waals surface area contributed by atoms with E-state index in [1.165, 1.54) is 6.26 Å². The van der Waals surface area contributed by atoms with Crippen molar-refractivity contribution in [1.29, 1.82) is 0 Å². The zero-order valence-electron chi connectivity index (χ0n) is 14.4. The second-order valence-electron chi connectivity index (χ2n) is 6.81. The number of hydrogen-bond donors (Lipinski definition) is 0. The van der Waals surface area contributed by atoms with Crippen LogP contribution in [0.4, 0.5) is 0 Å². The Morgan fingerprint density at radius 2 is 2.04 bits per heavy atom. The smallest absolute Gasteiger partial charge is 0.339 e. The van der Waals surface area contributed by atoms with Gasteiger partial charge in [-0.3, -0.25) is 4.79 Å². The summed E-state index contributed by atoms with van der Waals surface area (Å²) < 4.78 is 16.3. The number of amides is 1. The fraction of sp³-hybridized carbons (Fsp3) is 0.250. The molecule has 1 saturated heterocycles. The van der Waals surface area contributed by atoms with E-state index >= 15 is 0 Å². The van der Waals surface area contributed by atoms with Crippen LogP contribution in [-0.2, 0) is 10.3 Å². The Labute approximate surface area is 154 Å². The molecule has 4 heterocycles. The Bertz CT molecular complexity index is 1020. The molecule has 2 aliphatic heterocycles. The molecular formula is C20H16N2O5. The molecule has 2 aromatic heterocycles. The number of carbonyl (C=O) groups excluding carboxylic acids is 2. The molecule has 1 amide bonds. The number of fused-ring (bicyclic) bond motifs is 2. The van der Waals surface area contributed by atoms with Gasteiger partial charge in [0.25, 0.3) is 5.91 Å². The average Bonchev–Trinajstić information content (AvgIpc) is 3.42. The van der Waals surface area contributed by atoms with Crippen molar-refractivity contribution in [1.82, 2.24) is 10.1 Å². The molecule has 2 aliphatic rings. The molecule has 7 nitrogen and oxygen atoms in total. The lowest BCUT2D eigenvalue weighted by Crippen LogP contribution is -2.48. The lowest BCUT2D eigenvalue weighted by Gasteiger charge is -2.39. The molecule has 0 radical (unpaired) electrons. The van der Waals surface area contributed by atoms with Gasteiger partial charge in [-0.1, -0.05) is 23.4 Å². The molecule has 0 aliphatic carbocycles. The van der Waals surface area contributed by atoms with Crippen LogP contribution in [0.25, 0.3) is 11.5 Å². The fourth-order valence-electron chi connectivity index (χ4n) is 3.92. The van der Waals surface area contributed by atoms with Crippen molar-refractivity contribution in [2.45, 2.75) is 18.4 Å². The number of likely N-dealkylation sites (tertiary alicyclic amines) is 1. The summed E-state index contributed by atoms with van der Waals surface area (Å²) in [6.45, 7) is 0.876. The summed E-state index contributed by atoms with van der Waals surface area (Å²) >= 11 is 0. The minimum Gasteiger partial charge on any atom is -0.461 e. The Hall–Kier alpha value is -3.35. The first-order valence-corrected chi connectivity index (χ1v) is 8.79. The monoisotopic (exact) mass is 364 g/mol. The predicted octanol–water partition coefficient (Wildman–Crippen LogP) is 3.24. The van der Waals surface area contributed by atoms with E-state index in [0.29, 0.717) is 36.6 Å². The number of hydrogen-bond acceptors (Lipinski definition) is 6. The van der Waals surface area contributed by atoms with Gasteiger partial charge in [-0.2, -0.15) is 0 Å². The molecule has 1 atom stereocenters. The summed E-state index contributed by atoms with van der Waals surface area (Å²) in [7, 11) is 0. The summed E-state index contributed by atoms with van der Waals surface area (Å²) in [5.74, 6) is 0.320. The standard InChI is InChI=1S/C20H16N2O5/c23-18(15-11-17(27-21-15)16-7-3-10-25-16)22-9-4-8-20(12-22)14-6-2-1-5-13(14)19(24)26-20/h1-3,5-7,10-11H,4,8-9,12H2. The van der Waals surface area contributed by atoms with E-state index in [4.69, 9.17) is 13.7 Å². The van der Waals surface area contributed by atoms with Crippen molar-refractivity contribution in [3.05, 3.63) is 65.5 Å². The first-order valence-electron chi connectivity index (χ1n) is 8.79. The van der Waals surface area contributed by atoms with Gasteiger partial charge < -0.3 is 18.6 Å². The van der Waals surface area contributed by atoms with Crippen LogP contribution in [0.2, 0.25) is 0 Å². The third-order valence-electron chi connectivity index (χ3n) is 5.16. The van der Waals surface area contributed by atoms with E-state index in [9.17, 15) is 9.59 Å². The van der Waals surface area contributed by atoms with Gasteiger partial charge in [-0.25, -0.2) is 4.79 Å². The summed E-state index contributed by atoms with van der Waals surface area (Å²) in [5.41, 5.74) is 0.850. The molecule has 5 rings (SSSR count). The van der Waals surface area contributed by atoms with Gasteiger partial charge in [-0.05, 0) is 31.0 Å². The lowest BCUT2D eigenvalue weighted by molar-refractivity contribution is -0.0443. The van der Waals surface area contributed by atoms with Crippen molar-refractivity contribution in [3.63, 3.8) is 0 Å². The van der Waals surface area contributed by atoms with Gasteiger partial charge in [0.1, 0.15) is 0 Å². The van der Waals surface area contributed by atoms with Crippen molar-refractivity contribution in [2.24, 2.45) is 0 Å². The molecule has 0 N–H and O–H groups in total. The minimum absolute atomic E-state index is 0.205. The highest BCUT2D eigenvalue weighted by Gasteiger charge is 2.49. The molecule has 136 valence electrons. The molecule has 7 heteroatoms. The third kappa shape index (κ3) is 2.46. The van der Waals surface area contributed by atoms with Crippen LogP contribution in [0.3, 0.4) is 0 Å². The Morgan fingerprint density at radius 3 is 2.89 bits per heavy atom. The zero-order chi connectivity index (χ0) is 18.4. The number of rotatable bonds is 2. The van der Waals surface area contributed by atoms with Gasteiger partial charge >= 0.3 is 5.97 Å². The number of piperidine rings is 1. The summed E-state index contributed by atoms with van der Waals surface area (Å²) in [5, 5.41) is 3.89. The first kappa shape index (κ1) is 15.9. The van der Waals surface area contributed by atoms with Crippen molar-refractivity contribution in [3.8, 4) is 11.5 Å². The molecule has 1 aromatic carbocycles. The Kier molecular flexibility index (Phi) is 3.43. The Balaban J connectivity index is 1.42. The number of ether oxygens (including phenoxy) is 1. The normalized spacial score (nSPS) is 21.3. The summed E-state index contributed by atoms with van der Waals surface area (Å²) in [4.78, 5) is 26.9. The largest absolute Gasteiger partial charge is 0.461 e. The first-order chi connectivity index (χ1) is 13.2. The van der Waals surface area contributed by atoms with E-state index < -0.39 is 5.60 Å². The third-order valence-corrected chi connectivity index (χ3v) is 5.16. The minimum atomic E-state index is -0.783. The second kappa shape index (κ2) is 5.84. The maximum atomic E-state index is 12.9. The van der Waals surface area contributed by atoms with E-state index in [2.05, 4.69) is 5.16 Å². The maximum Gasteiger partial charge on any atom is 0.339 e. The van der Waals surface area contributed by atoms with Gasteiger partial charge in [0, 0.05) is 18.2 Å². The highest BCUT2D eigenvalue weighted by molar-refractivity contribution is 5.96. The summed E-state index contributed by atoms with van der Waals surface area (Å²) in [6, 6.07) is 12.4. The fourth-order valence-corrected chi connectivity index (χ4v) is 3.92. The Morgan fingerprint density at radius 1 is 1.15 bits per heavy atom. The van der Waals surface area contributed by atoms with E-state index in [1.807, 2.05) is 18.2 Å². The molecule has 1 unspecified atom stereocenters. The average molecular weight is 364 g/mol. The number of benzene rings is 1. The van der Waals surface area contributed by atoms with E-state index in [-0.39, 0.29) is 17.6 Å². The van der Waals surface area contributed by atoms with Gasteiger partial charge in [0.15, 0.2) is 17.1 Å². The maximum absolute atomic E-state index is 12.9. The van der Waals surface area contributed by atoms with Crippen LogP contribution < -0.4 is 0 Å². The van der Waals surface area contributed by atoms with Crippen molar-refractivity contribution >= 4 is 11.9 Å². The molecule has 0 saturated carbocycles. The highest BCUT2D eigenvalue weighted by Crippen LogP contribution is 2.43. The molecule has 1 fully saturated rings. The van der Waals surface area contributed by atoms with Crippen LogP contribution in [0.5, 0.6) is 0 Å². The van der Waals surface area contributed by atoms with Crippen LogP contribution in [0.1, 0.15) is 39.3 Å². The quantitative estimate of drug-likeness (QED) is 0.649.